The van der Waals surface area contributed by atoms with Crippen LogP contribution in [0.1, 0.15) is 52.7 Å². The van der Waals surface area contributed by atoms with Crippen molar-refractivity contribution in [1.29, 1.82) is 0 Å². The second-order valence-electron chi connectivity index (χ2n) is 9.41. The number of alkyl halides is 3. The maximum atomic E-state index is 13.0. The highest BCUT2D eigenvalue weighted by Gasteiger charge is 2.31. The first-order valence-corrected chi connectivity index (χ1v) is 12.4. The van der Waals surface area contributed by atoms with Crippen LogP contribution in [0.4, 0.5) is 18.9 Å². The van der Waals surface area contributed by atoms with Gasteiger partial charge in [-0.15, -0.1) is 0 Å². The molecule has 1 saturated heterocycles. The van der Waals surface area contributed by atoms with Crippen LogP contribution >= 0.6 is 0 Å². The van der Waals surface area contributed by atoms with Gasteiger partial charge < -0.3 is 14.5 Å². The van der Waals surface area contributed by atoms with Crippen LogP contribution in [0, 0.1) is 0 Å². The topological polar surface area (TPSA) is 53.1 Å². The first-order valence-electron chi connectivity index (χ1n) is 12.4. The minimum Gasteiger partial charge on any atom is -0.465 e. The molecule has 0 unspecified atom stereocenters. The Morgan fingerprint density at radius 2 is 1.67 bits per heavy atom. The molecule has 9 heteroatoms. The van der Waals surface area contributed by atoms with Crippen LogP contribution in [-0.4, -0.2) is 61.5 Å². The number of fused-ring (bicyclic) bond motifs is 1. The number of ether oxygens (including phenoxy) is 1. The van der Waals surface area contributed by atoms with Gasteiger partial charge in [-0.05, 0) is 60.8 Å². The lowest BCUT2D eigenvalue weighted by atomic mass is 10.1. The van der Waals surface area contributed by atoms with Gasteiger partial charge in [0.2, 0.25) is 5.91 Å². The fourth-order valence-electron chi connectivity index (χ4n) is 4.87. The molecule has 2 heterocycles. The maximum absolute atomic E-state index is 13.0. The Kier molecular flexibility index (Phi) is 8.18. The molecule has 1 fully saturated rings. The van der Waals surface area contributed by atoms with Gasteiger partial charge in [0.15, 0.2) is 0 Å². The minimum absolute atomic E-state index is 0.125. The summed E-state index contributed by atoms with van der Waals surface area (Å²) in [5.74, 6) is -0.250. The molecule has 36 heavy (non-hydrogen) atoms. The van der Waals surface area contributed by atoms with Gasteiger partial charge in [-0.1, -0.05) is 18.6 Å². The first-order chi connectivity index (χ1) is 17.2. The van der Waals surface area contributed by atoms with Gasteiger partial charge in [-0.2, -0.15) is 13.2 Å². The Labute approximate surface area is 209 Å². The summed E-state index contributed by atoms with van der Waals surface area (Å²) in [6.07, 6.45) is -1.07. The number of rotatable bonds is 8. The van der Waals surface area contributed by atoms with E-state index in [-0.39, 0.29) is 11.9 Å². The minimum atomic E-state index is -4.33. The smallest absolute Gasteiger partial charge is 0.416 e. The Bertz CT molecular complexity index is 1080. The predicted octanol–water partition coefficient (Wildman–Crippen LogP) is 4.72. The van der Waals surface area contributed by atoms with Crippen LogP contribution < -0.4 is 4.90 Å². The molecule has 0 aliphatic carbocycles. The van der Waals surface area contributed by atoms with E-state index in [1.807, 2.05) is 15.9 Å². The van der Waals surface area contributed by atoms with Crippen molar-refractivity contribution < 1.29 is 27.5 Å². The number of esters is 1. The summed E-state index contributed by atoms with van der Waals surface area (Å²) in [7, 11) is 1.35. The van der Waals surface area contributed by atoms with E-state index in [4.69, 9.17) is 4.74 Å². The molecule has 1 amide bonds. The van der Waals surface area contributed by atoms with Crippen molar-refractivity contribution in [2.45, 2.75) is 44.9 Å². The number of carbonyl (C=O) groups is 2. The summed E-state index contributed by atoms with van der Waals surface area (Å²) in [6.45, 7) is 5.06. The lowest BCUT2D eigenvalue weighted by molar-refractivity contribution is -0.137. The summed E-state index contributed by atoms with van der Waals surface area (Å²) >= 11 is 0. The van der Waals surface area contributed by atoms with E-state index in [0.29, 0.717) is 43.9 Å². The SMILES string of the molecule is COC(=O)c1ccc2c(c1)CN(C(=O)CCCCCN1CCN(c3cccc(C(F)(F)F)c3)CC1)C2. The van der Waals surface area contributed by atoms with E-state index >= 15 is 0 Å². The van der Waals surface area contributed by atoms with Crippen LogP contribution in [0.15, 0.2) is 42.5 Å². The standard InChI is InChI=1S/C27H32F3N3O3/c1-36-26(35)20-9-10-21-18-33(19-22(21)16-20)25(34)8-3-2-4-11-31-12-14-32(15-13-31)24-7-5-6-23(17-24)27(28,29)30/h5-7,9-10,16-17H,2-4,8,11-15,18-19H2,1H3. The van der Waals surface area contributed by atoms with Gasteiger partial charge in [-0.3, -0.25) is 9.69 Å². The fourth-order valence-corrected chi connectivity index (χ4v) is 4.87. The maximum Gasteiger partial charge on any atom is 0.416 e. The zero-order valence-corrected chi connectivity index (χ0v) is 20.5. The molecular formula is C27H32F3N3O3. The van der Waals surface area contributed by atoms with Crippen molar-refractivity contribution in [3.63, 3.8) is 0 Å². The van der Waals surface area contributed by atoms with Crippen LogP contribution in [0.5, 0.6) is 0 Å². The summed E-state index contributed by atoms with van der Waals surface area (Å²) in [5, 5.41) is 0. The molecule has 4 rings (SSSR count). The van der Waals surface area contributed by atoms with E-state index in [0.717, 1.165) is 56.1 Å². The Hall–Kier alpha value is -3.07. The zero-order valence-electron chi connectivity index (χ0n) is 20.5. The zero-order chi connectivity index (χ0) is 25.7. The lowest BCUT2D eigenvalue weighted by Gasteiger charge is -2.36. The number of anilines is 1. The van der Waals surface area contributed by atoms with E-state index in [2.05, 4.69) is 4.90 Å². The number of benzene rings is 2. The quantitative estimate of drug-likeness (QED) is 0.386. The fraction of sp³-hybridized carbons (Fsp3) is 0.481. The molecule has 0 spiro atoms. The van der Waals surface area contributed by atoms with E-state index in [9.17, 15) is 22.8 Å². The molecule has 0 atom stereocenters. The third kappa shape index (κ3) is 6.37. The second kappa shape index (κ2) is 11.3. The Morgan fingerprint density at radius 1 is 0.917 bits per heavy atom. The van der Waals surface area contributed by atoms with E-state index in [1.54, 1.807) is 18.2 Å². The van der Waals surface area contributed by atoms with Crippen LogP contribution in [-0.2, 0) is 28.8 Å². The normalized spacial score (nSPS) is 16.2. The molecule has 0 aromatic heterocycles. The molecule has 6 nitrogen and oxygen atoms in total. The third-order valence-electron chi connectivity index (χ3n) is 6.98. The van der Waals surface area contributed by atoms with Gasteiger partial charge in [0.1, 0.15) is 0 Å². The molecule has 194 valence electrons. The van der Waals surface area contributed by atoms with Crippen molar-refractivity contribution in [3.8, 4) is 0 Å². The number of halogens is 3. The monoisotopic (exact) mass is 503 g/mol. The average Bonchev–Trinajstić information content (AvgIpc) is 3.31. The number of carbonyl (C=O) groups excluding carboxylic acids is 2. The van der Waals surface area contributed by atoms with Crippen LogP contribution in [0.25, 0.3) is 0 Å². The van der Waals surface area contributed by atoms with Gasteiger partial charge in [0, 0.05) is 51.4 Å². The second-order valence-corrected chi connectivity index (χ2v) is 9.41. The van der Waals surface area contributed by atoms with Gasteiger partial charge in [0.25, 0.3) is 0 Å². The lowest BCUT2D eigenvalue weighted by Crippen LogP contribution is -2.46. The molecule has 2 aromatic rings. The molecule has 0 saturated carbocycles. The Balaban J connectivity index is 1.13. The highest BCUT2D eigenvalue weighted by atomic mass is 19.4. The highest BCUT2D eigenvalue weighted by Crippen LogP contribution is 2.32. The van der Waals surface area contributed by atoms with Crippen molar-refractivity contribution >= 4 is 17.6 Å². The summed E-state index contributed by atoms with van der Waals surface area (Å²) in [5.41, 5.74) is 2.58. The van der Waals surface area contributed by atoms with E-state index < -0.39 is 11.7 Å². The Morgan fingerprint density at radius 3 is 2.39 bits per heavy atom. The van der Waals surface area contributed by atoms with Crippen LogP contribution in [0.3, 0.4) is 0 Å². The van der Waals surface area contributed by atoms with Crippen molar-refractivity contribution in [2.24, 2.45) is 0 Å². The van der Waals surface area contributed by atoms with Crippen molar-refractivity contribution in [3.05, 3.63) is 64.7 Å². The molecule has 2 aromatic carbocycles. The number of amides is 1. The molecular weight excluding hydrogens is 471 g/mol. The van der Waals surface area contributed by atoms with Crippen molar-refractivity contribution in [1.82, 2.24) is 9.80 Å². The van der Waals surface area contributed by atoms with Crippen LogP contribution in [0.2, 0.25) is 0 Å². The molecule has 0 N–H and O–H groups in total. The predicted molar refractivity (Wildman–Crippen MR) is 131 cm³/mol. The van der Waals surface area contributed by atoms with Gasteiger partial charge >= 0.3 is 12.1 Å². The van der Waals surface area contributed by atoms with Gasteiger partial charge in [0.05, 0.1) is 18.2 Å². The first kappa shape index (κ1) is 26.0. The molecule has 0 radical (unpaired) electrons. The number of nitrogens with zero attached hydrogens (tertiary/aromatic N) is 3. The molecule has 0 bridgehead atoms. The number of unbranched alkanes of at least 4 members (excludes halogenated alkanes) is 2. The van der Waals surface area contributed by atoms with Gasteiger partial charge in [-0.25, -0.2) is 4.79 Å². The summed E-state index contributed by atoms with van der Waals surface area (Å²) in [4.78, 5) is 30.6. The molecule has 2 aliphatic heterocycles. The highest BCUT2D eigenvalue weighted by molar-refractivity contribution is 5.89. The molecule has 2 aliphatic rings. The number of methoxy groups -OCH3 is 1. The number of piperazine rings is 1. The van der Waals surface area contributed by atoms with Crippen molar-refractivity contribution in [2.75, 3.05) is 44.7 Å². The van der Waals surface area contributed by atoms with E-state index in [1.165, 1.54) is 19.2 Å². The average molecular weight is 504 g/mol. The number of hydrogen-bond acceptors (Lipinski definition) is 5. The summed E-state index contributed by atoms with van der Waals surface area (Å²) < 4.78 is 43.7. The third-order valence-corrected chi connectivity index (χ3v) is 6.98. The number of hydrogen-bond donors (Lipinski definition) is 0. The summed E-state index contributed by atoms with van der Waals surface area (Å²) in [6, 6.07) is 11.0. The largest absolute Gasteiger partial charge is 0.465 e.